The molecule has 502 valence electrons. The summed E-state index contributed by atoms with van der Waals surface area (Å²) >= 11 is 0. The molecule has 4 aromatic rings. The van der Waals surface area contributed by atoms with Crippen LogP contribution in [-0.2, 0) is 66.1 Å². The van der Waals surface area contributed by atoms with Crippen molar-refractivity contribution < 1.29 is 70.5 Å². The van der Waals surface area contributed by atoms with Crippen LogP contribution in [0.1, 0.15) is 122 Å². The molecule has 21 nitrogen and oxygen atoms in total. The molecule has 9 rings (SSSR count). The fourth-order valence-corrected chi connectivity index (χ4v) is 13.0. The number of nitrogens with zero attached hydrogens (tertiary/aromatic N) is 6. The standard InChI is InChI=1S/C69H88F3N9O12/c1-41-34-78(50(36-77-25-28-91-39-42(77)2)37-79(41)66(89)93-68(7,8)9)38-59(84)81-40-69(10,53-22-17-45(30-56(53)81)29-44-15-18-48(70)19-16-44)64(87)73-33-58(83)74-49-20-21-51-47(31-49)35-80(61(51)62(85)75-60-54(71)13-12-14-55(60)72)63(86)52(46-23-26-90-27-24-46)32-57(82)43(3)76(11)65(88)92-67(4,5)6/h12-22,30-31,41-43,46,50,52,61H,23-29,32-40H2,1-11H3,(H,73,87)(H,74,83)(H,75,85)/t41-,42-,43+,50+,52+,61+,69-/m1/s1. The van der Waals surface area contributed by atoms with Gasteiger partial charge >= 0.3 is 12.2 Å². The quantitative estimate of drug-likeness (QED) is 0.0851. The number of hydrogen-bond donors (Lipinski definition) is 3. The molecule has 24 heteroatoms. The van der Waals surface area contributed by atoms with E-state index in [1.807, 2.05) is 39.8 Å². The molecule has 0 radical (unpaired) electrons. The molecular formula is C69H88F3N9O12. The van der Waals surface area contributed by atoms with Crippen molar-refractivity contribution in [3.8, 4) is 0 Å². The third-order valence-electron chi connectivity index (χ3n) is 18.2. The van der Waals surface area contributed by atoms with Gasteiger partial charge in [-0.25, -0.2) is 22.8 Å². The highest BCUT2D eigenvalue weighted by Crippen LogP contribution is 2.44. The maximum atomic E-state index is 15.2. The minimum atomic E-state index is -1.46. The van der Waals surface area contributed by atoms with Crippen LogP contribution in [-0.4, -0.2) is 187 Å². The molecule has 3 N–H and O–H groups in total. The Hall–Kier alpha value is -7.93. The van der Waals surface area contributed by atoms with Crippen molar-refractivity contribution in [1.29, 1.82) is 0 Å². The molecule has 0 aromatic heterocycles. The number of hydrogen-bond acceptors (Lipinski definition) is 14. The van der Waals surface area contributed by atoms with E-state index in [2.05, 4.69) is 32.7 Å². The van der Waals surface area contributed by atoms with Gasteiger partial charge in [0.1, 0.15) is 40.4 Å². The number of para-hydroxylation sites is 1. The average Bonchev–Trinajstić information content (AvgIpc) is 1.61. The van der Waals surface area contributed by atoms with Crippen molar-refractivity contribution in [2.45, 2.75) is 148 Å². The molecule has 0 bridgehead atoms. The molecule has 0 saturated carbocycles. The summed E-state index contributed by atoms with van der Waals surface area (Å²) in [5, 5.41) is 7.97. The third-order valence-corrected chi connectivity index (χ3v) is 18.2. The number of rotatable bonds is 18. The molecule has 93 heavy (non-hydrogen) atoms. The average molecular weight is 1290 g/mol. The molecule has 3 fully saturated rings. The molecule has 3 saturated heterocycles. The first-order valence-electron chi connectivity index (χ1n) is 31.9. The lowest BCUT2D eigenvalue weighted by molar-refractivity contribution is -0.147. The number of halogens is 3. The van der Waals surface area contributed by atoms with Crippen LogP contribution in [0.2, 0.25) is 0 Å². The minimum absolute atomic E-state index is 0.0510. The molecule has 7 amide bonds. The van der Waals surface area contributed by atoms with Gasteiger partial charge in [0.05, 0.1) is 37.8 Å². The molecule has 4 aromatic carbocycles. The summed E-state index contributed by atoms with van der Waals surface area (Å²) in [4.78, 5) is 125. The Bertz CT molecular complexity index is 3440. The van der Waals surface area contributed by atoms with Gasteiger partial charge in [0.2, 0.25) is 23.6 Å². The van der Waals surface area contributed by atoms with Crippen molar-refractivity contribution in [3.05, 3.63) is 124 Å². The van der Waals surface area contributed by atoms with Crippen LogP contribution in [0, 0.1) is 29.3 Å². The highest BCUT2D eigenvalue weighted by Gasteiger charge is 2.49. The van der Waals surface area contributed by atoms with Gasteiger partial charge < -0.3 is 54.5 Å². The highest BCUT2D eigenvalue weighted by molar-refractivity contribution is 6.05. The van der Waals surface area contributed by atoms with Crippen LogP contribution in [0.5, 0.6) is 0 Å². The fourth-order valence-electron chi connectivity index (χ4n) is 13.0. The summed E-state index contributed by atoms with van der Waals surface area (Å²) in [6, 6.07) is 16.3. The smallest absolute Gasteiger partial charge is 0.410 e. The number of amides is 7. The lowest BCUT2D eigenvalue weighted by Crippen LogP contribution is -2.64. The van der Waals surface area contributed by atoms with E-state index in [1.165, 1.54) is 43.1 Å². The van der Waals surface area contributed by atoms with Gasteiger partial charge in [-0.1, -0.05) is 36.4 Å². The Balaban J connectivity index is 0.940. The summed E-state index contributed by atoms with van der Waals surface area (Å²) in [5.74, 6) is -7.36. The van der Waals surface area contributed by atoms with Gasteiger partial charge in [0.25, 0.3) is 5.91 Å². The molecule has 5 aliphatic rings. The summed E-state index contributed by atoms with van der Waals surface area (Å²) in [6.45, 7) is 20.5. The number of benzene rings is 4. The van der Waals surface area contributed by atoms with Crippen LogP contribution >= 0.6 is 0 Å². The van der Waals surface area contributed by atoms with Crippen molar-refractivity contribution >= 4 is 64.6 Å². The van der Waals surface area contributed by atoms with Crippen molar-refractivity contribution in [3.63, 3.8) is 0 Å². The lowest BCUT2D eigenvalue weighted by atomic mass is 9.80. The largest absolute Gasteiger partial charge is 0.444 e. The Morgan fingerprint density at radius 1 is 0.774 bits per heavy atom. The Kier molecular flexibility index (Phi) is 21.5. The van der Waals surface area contributed by atoms with E-state index in [9.17, 15) is 33.2 Å². The number of piperazine rings is 1. The van der Waals surface area contributed by atoms with Crippen LogP contribution in [0.15, 0.2) is 78.9 Å². The normalized spacial score (nSPS) is 21.8. The van der Waals surface area contributed by atoms with Gasteiger partial charge in [-0.05, 0) is 165 Å². The molecular weight excluding hydrogens is 1200 g/mol. The van der Waals surface area contributed by atoms with Crippen LogP contribution in [0.25, 0.3) is 0 Å². The number of carbonyl (C=O) groups is 8. The number of fused-ring (bicyclic) bond motifs is 2. The van der Waals surface area contributed by atoms with Gasteiger partial charge in [-0.15, -0.1) is 0 Å². The summed E-state index contributed by atoms with van der Waals surface area (Å²) in [7, 11) is 1.43. The maximum Gasteiger partial charge on any atom is 0.410 e. The van der Waals surface area contributed by atoms with Crippen LogP contribution in [0.4, 0.5) is 39.8 Å². The minimum Gasteiger partial charge on any atom is -0.444 e. The third kappa shape index (κ3) is 16.5. The van der Waals surface area contributed by atoms with E-state index >= 15 is 18.4 Å². The Morgan fingerprint density at radius 2 is 1.45 bits per heavy atom. The highest BCUT2D eigenvalue weighted by atomic mass is 19.1. The first-order chi connectivity index (χ1) is 43.9. The summed E-state index contributed by atoms with van der Waals surface area (Å²) in [5.41, 5.74) is -0.107. The number of carbonyl (C=O) groups excluding carboxylic acids is 8. The van der Waals surface area contributed by atoms with Crippen molar-refractivity contribution in [2.24, 2.45) is 11.8 Å². The second-order valence-electron chi connectivity index (χ2n) is 27.5. The fraction of sp³-hybridized carbons (Fsp3) is 0.536. The zero-order chi connectivity index (χ0) is 67.4. The monoisotopic (exact) mass is 1290 g/mol. The number of anilines is 3. The molecule has 7 atom stereocenters. The van der Waals surface area contributed by atoms with E-state index in [1.54, 1.807) is 61.8 Å². The zero-order valence-corrected chi connectivity index (χ0v) is 55.1. The SMILES string of the molecule is C[C@@H]1COCCN1C[C@H]1CN(C(=O)OC(C)(C)C)[C@H](C)CN1CC(=O)N1C[C@@](C)(C(=O)NCC(=O)Nc2ccc3c(c2)CN(C(=O)[C@@H](CC(=O)[C@H](C)N(C)C(=O)OC(C)(C)C)C2CCOCC2)[C@@H]3C(=O)Nc2c(F)cccc2F)c2ccc(Cc3ccc(F)cc3)cc21. The number of ether oxygens (including phenoxy) is 4. The van der Waals surface area contributed by atoms with Gasteiger partial charge in [0.15, 0.2) is 5.78 Å². The Labute approximate surface area is 541 Å². The topological polar surface area (TPSA) is 229 Å². The second-order valence-corrected chi connectivity index (χ2v) is 27.5. The van der Waals surface area contributed by atoms with Crippen LogP contribution in [0.3, 0.4) is 0 Å². The van der Waals surface area contributed by atoms with E-state index in [-0.39, 0.29) is 67.2 Å². The molecule has 0 spiro atoms. The first kappa shape index (κ1) is 69.4. The van der Waals surface area contributed by atoms with E-state index < -0.39 is 106 Å². The number of Topliss-reactive ketones (excluding diaryl/α,β-unsaturated/α-hetero) is 1. The number of ketones is 1. The zero-order valence-electron chi connectivity index (χ0n) is 55.1. The van der Waals surface area contributed by atoms with E-state index in [0.717, 1.165) is 34.2 Å². The molecule has 5 aliphatic heterocycles. The van der Waals surface area contributed by atoms with Crippen molar-refractivity contribution in [2.75, 3.05) is 94.8 Å². The summed E-state index contributed by atoms with van der Waals surface area (Å²) < 4.78 is 67.1. The van der Waals surface area contributed by atoms with E-state index in [0.29, 0.717) is 88.7 Å². The first-order valence-corrected chi connectivity index (χ1v) is 31.9. The van der Waals surface area contributed by atoms with Gasteiger partial charge in [-0.2, -0.15) is 0 Å². The molecule has 0 aliphatic carbocycles. The number of nitrogens with one attached hydrogen (secondary N) is 3. The van der Waals surface area contributed by atoms with Crippen molar-refractivity contribution in [1.82, 2.24) is 29.8 Å². The van der Waals surface area contributed by atoms with Crippen LogP contribution < -0.4 is 20.9 Å². The lowest BCUT2D eigenvalue weighted by Gasteiger charge is -2.47. The molecule has 5 heterocycles. The Morgan fingerprint density at radius 3 is 2.12 bits per heavy atom. The maximum absolute atomic E-state index is 15.2. The predicted molar refractivity (Wildman–Crippen MR) is 341 cm³/mol. The van der Waals surface area contributed by atoms with Gasteiger partial charge in [-0.3, -0.25) is 38.6 Å². The summed E-state index contributed by atoms with van der Waals surface area (Å²) in [6.07, 6.45) is -0.297. The second kappa shape index (κ2) is 28.7. The van der Waals surface area contributed by atoms with Gasteiger partial charge in [0, 0.05) is 101 Å². The number of likely N-dealkylation sites (N-methyl/N-ethyl adjacent to an activating group) is 1. The predicted octanol–water partition coefficient (Wildman–Crippen LogP) is 8.36. The van der Waals surface area contributed by atoms with E-state index in [4.69, 9.17) is 18.9 Å². The molecule has 0 unspecified atom stereocenters. The number of morpholine rings is 1.